The first-order valence-electron chi connectivity index (χ1n) is 6.82. The number of ether oxygens (including phenoxy) is 1. The second kappa shape index (κ2) is 6.36. The number of morpholine rings is 1. The maximum Gasteiger partial charge on any atom is 0.251 e. The molecule has 2 rings (SSSR count). The van der Waals surface area contributed by atoms with Gasteiger partial charge in [0.15, 0.2) is 0 Å². The van der Waals surface area contributed by atoms with Crippen molar-refractivity contribution in [1.29, 1.82) is 0 Å². The second-order valence-corrected chi connectivity index (χ2v) is 5.19. The van der Waals surface area contributed by atoms with Gasteiger partial charge in [-0.15, -0.1) is 0 Å². The minimum Gasteiger partial charge on any atom is -0.383 e. The Bertz CT molecular complexity index is 245. The van der Waals surface area contributed by atoms with Crippen LogP contribution in [-0.4, -0.2) is 48.3 Å². The van der Waals surface area contributed by atoms with E-state index in [9.17, 15) is 9.90 Å². The van der Waals surface area contributed by atoms with Gasteiger partial charge in [-0.3, -0.25) is 4.79 Å². The number of nitrogens with zero attached hydrogens (tertiary/aromatic N) is 1. The average Bonchev–Trinajstić information content (AvgIpc) is 2.40. The molecule has 1 atom stereocenters. The minimum atomic E-state index is -0.795. The van der Waals surface area contributed by atoms with E-state index in [-0.39, 0.29) is 5.91 Å². The summed E-state index contributed by atoms with van der Waals surface area (Å²) in [6.45, 7) is 2.45. The maximum atomic E-state index is 12.0. The smallest absolute Gasteiger partial charge is 0.251 e. The van der Waals surface area contributed by atoms with Gasteiger partial charge >= 0.3 is 0 Å². The zero-order valence-corrected chi connectivity index (χ0v) is 10.4. The molecular weight excluding hydrogens is 218 g/mol. The number of carbonyl (C=O) groups excluding carboxylic acids is 1. The largest absolute Gasteiger partial charge is 0.383 e. The SMILES string of the molecule is O=C([C@@H](O)CC1CCCCC1)N1CCOCC1. The summed E-state index contributed by atoms with van der Waals surface area (Å²) >= 11 is 0. The molecule has 4 nitrogen and oxygen atoms in total. The molecule has 4 heteroatoms. The molecule has 2 fully saturated rings. The molecular formula is C13H23NO3. The molecule has 98 valence electrons. The summed E-state index contributed by atoms with van der Waals surface area (Å²) in [7, 11) is 0. The molecule has 1 aliphatic carbocycles. The molecule has 1 saturated carbocycles. The molecule has 17 heavy (non-hydrogen) atoms. The first-order valence-corrected chi connectivity index (χ1v) is 6.82. The van der Waals surface area contributed by atoms with E-state index in [0.717, 1.165) is 0 Å². The van der Waals surface area contributed by atoms with E-state index in [1.165, 1.54) is 32.1 Å². The monoisotopic (exact) mass is 241 g/mol. The lowest BCUT2D eigenvalue weighted by Gasteiger charge is -2.30. The van der Waals surface area contributed by atoms with Crippen LogP contribution in [0.1, 0.15) is 38.5 Å². The highest BCUT2D eigenvalue weighted by atomic mass is 16.5. The highest BCUT2D eigenvalue weighted by Gasteiger charge is 2.27. The number of aliphatic hydroxyl groups is 1. The summed E-state index contributed by atoms with van der Waals surface area (Å²) in [6.07, 6.45) is 6.02. The van der Waals surface area contributed by atoms with Gasteiger partial charge in [0.1, 0.15) is 6.10 Å². The number of carbonyl (C=O) groups is 1. The molecule has 0 aromatic rings. The Morgan fingerprint density at radius 3 is 2.53 bits per heavy atom. The Kier molecular flexibility index (Phi) is 4.80. The van der Waals surface area contributed by atoms with Gasteiger partial charge < -0.3 is 14.7 Å². The third-order valence-electron chi connectivity index (χ3n) is 3.89. The van der Waals surface area contributed by atoms with Crippen LogP contribution in [0.4, 0.5) is 0 Å². The fourth-order valence-corrected chi connectivity index (χ4v) is 2.83. The summed E-state index contributed by atoms with van der Waals surface area (Å²) < 4.78 is 5.20. The Morgan fingerprint density at radius 1 is 1.24 bits per heavy atom. The van der Waals surface area contributed by atoms with Crippen molar-refractivity contribution in [3.8, 4) is 0 Å². The molecule has 1 amide bonds. The molecule has 2 aliphatic rings. The van der Waals surface area contributed by atoms with Crippen molar-refractivity contribution in [2.45, 2.75) is 44.6 Å². The molecule has 0 bridgehead atoms. The Hall–Kier alpha value is -0.610. The number of aliphatic hydroxyl groups excluding tert-OH is 1. The molecule has 1 N–H and O–H groups in total. The van der Waals surface area contributed by atoms with Crippen LogP contribution in [0.3, 0.4) is 0 Å². The molecule has 1 aliphatic heterocycles. The van der Waals surface area contributed by atoms with Gasteiger partial charge in [-0.2, -0.15) is 0 Å². The molecule has 0 aromatic heterocycles. The van der Waals surface area contributed by atoms with E-state index in [1.807, 2.05) is 0 Å². The molecule has 0 radical (unpaired) electrons. The van der Waals surface area contributed by atoms with Gasteiger partial charge in [-0.25, -0.2) is 0 Å². The summed E-state index contributed by atoms with van der Waals surface area (Å²) in [5.41, 5.74) is 0. The minimum absolute atomic E-state index is 0.0983. The van der Waals surface area contributed by atoms with Crippen LogP contribution in [0.15, 0.2) is 0 Å². The zero-order chi connectivity index (χ0) is 12.1. The van der Waals surface area contributed by atoms with E-state index in [0.29, 0.717) is 38.6 Å². The predicted octanol–water partition coefficient (Wildman–Crippen LogP) is 1.18. The molecule has 0 spiro atoms. The first-order chi connectivity index (χ1) is 8.27. The van der Waals surface area contributed by atoms with Crippen molar-refractivity contribution in [3.63, 3.8) is 0 Å². The second-order valence-electron chi connectivity index (χ2n) is 5.19. The number of amides is 1. The summed E-state index contributed by atoms with van der Waals surface area (Å²) in [4.78, 5) is 13.7. The van der Waals surface area contributed by atoms with E-state index < -0.39 is 6.10 Å². The van der Waals surface area contributed by atoms with Crippen LogP contribution in [-0.2, 0) is 9.53 Å². The van der Waals surface area contributed by atoms with Crippen LogP contribution in [0.2, 0.25) is 0 Å². The highest BCUT2D eigenvalue weighted by Crippen LogP contribution is 2.27. The number of hydrogen-bond donors (Lipinski definition) is 1. The topological polar surface area (TPSA) is 49.8 Å². The highest BCUT2D eigenvalue weighted by molar-refractivity contribution is 5.80. The molecule has 1 heterocycles. The van der Waals surface area contributed by atoms with Gasteiger partial charge in [0, 0.05) is 13.1 Å². The molecule has 0 aromatic carbocycles. The lowest BCUT2D eigenvalue weighted by molar-refractivity contribution is -0.145. The lowest BCUT2D eigenvalue weighted by atomic mass is 9.85. The summed E-state index contributed by atoms with van der Waals surface area (Å²) in [5, 5.41) is 9.99. The predicted molar refractivity (Wildman–Crippen MR) is 64.6 cm³/mol. The van der Waals surface area contributed by atoms with Gasteiger partial charge in [0.05, 0.1) is 13.2 Å². The summed E-state index contributed by atoms with van der Waals surface area (Å²) in [6, 6.07) is 0. The normalized spacial score (nSPS) is 24.6. The lowest BCUT2D eigenvalue weighted by Crippen LogP contribution is -2.46. The van der Waals surface area contributed by atoms with E-state index in [2.05, 4.69) is 0 Å². The molecule has 1 saturated heterocycles. The van der Waals surface area contributed by atoms with Gasteiger partial charge in [-0.1, -0.05) is 32.1 Å². The van der Waals surface area contributed by atoms with E-state index in [4.69, 9.17) is 4.74 Å². The van der Waals surface area contributed by atoms with E-state index >= 15 is 0 Å². The van der Waals surface area contributed by atoms with Crippen molar-refractivity contribution in [1.82, 2.24) is 4.90 Å². The van der Waals surface area contributed by atoms with E-state index in [1.54, 1.807) is 4.90 Å². The number of rotatable bonds is 3. The van der Waals surface area contributed by atoms with Crippen molar-refractivity contribution in [3.05, 3.63) is 0 Å². The first kappa shape index (κ1) is 12.8. The standard InChI is InChI=1S/C13H23NO3/c15-12(10-11-4-2-1-3-5-11)13(16)14-6-8-17-9-7-14/h11-12,15H,1-10H2/t12-/m0/s1. The molecule has 0 unspecified atom stereocenters. The third kappa shape index (κ3) is 3.68. The van der Waals surface area contributed by atoms with Crippen LogP contribution in [0.25, 0.3) is 0 Å². The van der Waals surface area contributed by atoms with Crippen molar-refractivity contribution >= 4 is 5.91 Å². The fourth-order valence-electron chi connectivity index (χ4n) is 2.83. The third-order valence-corrected chi connectivity index (χ3v) is 3.89. The van der Waals surface area contributed by atoms with Crippen molar-refractivity contribution in [2.75, 3.05) is 26.3 Å². The number of hydrogen-bond acceptors (Lipinski definition) is 3. The van der Waals surface area contributed by atoms with Crippen molar-refractivity contribution < 1.29 is 14.6 Å². The quantitative estimate of drug-likeness (QED) is 0.807. The zero-order valence-electron chi connectivity index (χ0n) is 10.4. The maximum absolute atomic E-state index is 12.0. The van der Waals surface area contributed by atoms with Crippen LogP contribution in [0.5, 0.6) is 0 Å². The average molecular weight is 241 g/mol. The van der Waals surface area contributed by atoms with Crippen LogP contribution in [0, 0.1) is 5.92 Å². The van der Waals surface area contributed by atoms with Crippen LogP contribution < -0.4 is 0 Å². The van der Waals surface area contributed by atoms with Crippen molar-refractivity contribution in [2.24, 2.45) is 5.92 Å². The Morgan fingerprint density at radius 2 is 1.88 bits per heavy atom. The Labute approximate surface area is 103 Å². The summed E-state index contributed by atoms with van der Waals surface area (Å²) in [5.74, 6) is 0.447. The van der Waals surface area contributed by atoms with Gasteiger partial charge in [0.25, 0.3) is 5.91 Å². The van der Waals surface area contributed by atoms with Gasteiger partial charge in [-0.05, 0) is 12.3 Å². The van der Waals surface area contributed by atoms with Gasteiger partial charge in [0.2, 0.25) is 0 Å². The van der Waals surface area contributed by atoms with Crippen LogP contribution >= 0.6 is 0 Å². The Balaban J connectivity index is 1.77. The fraction of sp³-hybridized carbons (Fsp3) is 0.923.